The molecule has 0 amide bonds. The van der Waals surface area contributed by atoms with Crippen molar-refractivity contribution in [3.05, 3.63) is 33.5 Å². The fraction of sp³-hybridized carbons (Fsp3) is 0.300. The number of Topliss-reactive ketones (excluding diaryl/α,β-unsaturated/α-hetero) is 1. The first-order valence-electron chi connectivity index (χ1n) is 4.25. The third-order valence-electron chi connectivity index (χ3n) is 1.84. The van der Waals surface area contributed by atoms with Crippen LogP contribution < -0.4 is 5.73 Å². The van der Waals surface area contributed by atoms with Crippen molar-refractivity contribution in [2.75, 3.05) is 6.54 Å². The third kappa shape index (κ3) is 2.39. The van der Waals surface area contributed by atoms with Crippen LogP contribution in [0.15, 0.2) is 16.6 Å². The Kier molecular flexibility index (Phi) is 3.77. The summed E-state index contributed by atoms with van der Waals surface area (Å²) < 4.78 is 13.8. The Labute approximate surface area is 90.4 Å². The van der Waals surface area contributed by atoms with E-state index in [4.69, 9.17) is 5.73 Å². The van der Waals surface area contributed by atoms with Gasteiger partial charge >= 0.3 is 0 Å². The number of rotatable bonds is 3. The number of carbonyl (C=O) groups is 1. The molecule has 1 aromatic rings. The van der Waals surface area contributed by atoms with Crippen LogP contribution in [0.25, 0.3) is 0 Å². The number of nitrogens with two attached hydrogens (primary N) is 1. The fourth-order valence-corrected chi connectivity index (χ4v) is 1.77. The Morgan fingerprint density at radius 3 is 2.79 bits per heavy atom. The minimum Gasteiger partial charge on any atom is -0.330 e. The van der Waals surface area contributed by atoms with E-state index < -0.39 is 5.82 Å². The molecule has 14 heavy (non-hydrogen) atoms. The SMILES string of the molecule is Cc1cc(Br)c(F)c(C(=O)CCN)c1. The van der Waals surface area contributed by atoms with Crippen molar-refractivity contribution in [3.8, 4) is 0 Å². The van der Waals surface area contributed by atoms with E-state index in [1.807, 2.05) is 6.92 Å². The molecule has 2 N–H and O–H groups in total. The van der Waals surface area contributed by atoms with Gasteiger partial charge in [0.1, 0.15) is 5.82 Å². The number of ketones is 1. The van der Waals surface area contributed by atoms with Gasteiger partial charge in [-0.2, -0.15) is 0 Å². The van der Waals surface area contributed by atoms with E-state index in [1.165, 1.54) is 6.07 Å². The smallest absolute Gasteiger partial charge is 0.167 e. The van der Waals surface area contributed by atoms with Crippen LogP contribution in [0.2, 0.25) is 0 Å². The molecule has 0 atom stereocenters. The standard InChI is InChI=1S/C10H11BrFNO/c1-6-4-7(9(14)2-3-13)10(12)8(11)5-6/h4-5H,2-3,13H2,1H3. The first-order valence-corrected chi connectivity index (χ1v) is 5.04. The Morgan fingerprint density at radius 1 is 1.57 bits per heavy atom. The zero-order chi connectivity index (χ0) is 10.7. The first-order chi connectivity index (χ1) is 6.56. The average molecular weight is 260 g/mol. The molecular formula is C10H11BrFNO. The van der Waals surface area contributed by atoms with Crippen LogP contribution in [0.5, 0.6) is 0 Å². The number of halogens is 2. The van der Waals surface area contributed by atoms with Gasteiger partial charge in [-0.1, -0.05) is 0 Å². The van der Waals surface area contributed by atoms with Crippen LogP contribution in [0.3, 0.4) is 0 Å². The molecule has 0 spiro atoms. The van der Waals surface area contributed by atoms with Crippen molar-refractivity contribution in [1.29, 1.82) is 0 Å². The minimum absolute atomic E-state index is 0.113. The number of hydrogen-bond donors (Lipinski definition) is 1. The van der Waals surface area contributed by atoms with Crippen molar-refractivity contribution in [1.82, 2.24) is 0 Å². The van der Waals surface area contributed by atoms with Crippen LogP contribution in [-0.4, -0.2) is 12.3 Å². The maximum atomic E-state index is 13.4. The summed E-state index contributed by atoms with van der Waals surface area (Å²) in [6, 6.07) is 3.17. The topological polar surface area (TPSA) is 43.1 Å². The summed E-state index contributed by atoms with van der Waals surface area (Å²) >= 11 is 3.06. The molecule has 0 radical (unpaired) electrons. The van der Waals surface area contributed by atoms with Gasteiger partial charge < -0.3 is 5.73 Å². The van der Waals surface area contributed by atoms with E-state index in [9.17, 15) is 9.18 Å². The van der Waals surface area contributed by atoms with Crippen LogP contribution in [0, 0.1) is 12.7 Å². The molecule has 0 aliphatic carbocycles. The first kappa shape index (κ1) is 11.3. The summed E-state index contributed by atoms with van der Waals surface area (Å²) in [7, 11) is 0. The second-order valence-electron chi connectivity index (χ2n) is 3.07. The Morgan fingerprint density at radius 2 is 2.21 bits per heavy atom. The molecule has 0 bridgehead atoms. The van der Waals surface area contributed by atoms with Gasteiger partial charge in [0.2, 0.25) is 0 Å². The van der Waals surface area contributed by atoms with Gasteiger partial charge in [0.15, 0.2) is 5.78 Å². The largest absolute Gasteiger partial charge is 0.330 e. The number of benzene rings is 1. The summed E-state index contributed by atoms with van der Waals surface area (Å²) in [6.07, 6.45) is 0.173. The maximum Gasteiger partial charge on any atom is 0.167 e. The Bertz CT molecular complexity index is 365. The van der Waals surface area contributed by atoms with Gasteiger partial charge in [0.05, 0.1) is 10.0 Å². The van der Waals surface area contributed by atoms with Crippen molar-refractivity contribution in [2.24, 2.45) is 5.73 Å². The minimum atomic E-state index is -0.506. The van der Waals surface area contributed by atoms with E-state index in [0.717, 1.165) is 5.56 Å². The molecule has 0 saturated heterocycles. The molecule has 0 unspecified atom stereocenters. The normalized spacial score (nSPS) is 10.3. The van der Waals surface area contributed by atoms with Crippen molar-refractivity contribution < 1.29 is 9.18 Å². The van der Waals surface area contributed by atoms with Crippen LogP contribution in [-0.2, 0) is 0 Å². The predicted octanol–water partition coefficient (Wildman–Crippen LogP) is 2.43. The van der Waals surface area contributed by atoms with E-state index in [-0.39, 0.29) is 24.3 Å². The summed E-state index contributed by atoms with van der Waals surface area (Å²) in [5, 5.41) is 0. The zero-order valence-corrected chi connectivity index (χ0v) is 9.40. The van der Waals surface area contributed by atoms with Gasteiger partial charge in [0.25, 0.3) is 0 Å². The Balaban J connectivity index is 3.13. The second kappa shape index (κ2) is 4.66. The summed E-state index contributed by atoms with van der Waals surface area (Å²) in [4.78, 5) is 11.4. The molecule has 0 aromatic heterocycles. The van der Waals surface area contributed by atoms with Crippen molar-refractivity contribution >= 4 is 21.7 Å². The highest BCUT2D eigenvalue weighted by Crippen LogP contribution is 2.22. The fourth-order valence-electron chi connectivity index (χ4n) is 1.19. The highest BCUT2D eigenvalue weighted by molar-refractivity contribution is 9.10. The van der Waals surface area contributed by atoms with Gasteiger partial charge in [-0.25, -0.2) is 4.39 Å². The monoisotopic (exact) mass is 259 g/mol. The third-order valence-corrected chi connectivity index (χ3v) is 2.42. The molecule has 1 aromatic carbocycles. The lowest BCUT2D eigenvalue weighted by Crippen LogP contribution is -2.10. The molecule has 1 rings (SSSR count). The summed E-state index contributed by atoms with van der Waals surface area (Å²) in [6.45, 7) is 2.05. The van der Waals surface area contributed by atoms with Gasteiger partial charge in [0, 0.05) is 6.42 Å². The molecule has 76 valence electrons. The molecule has 0 fully saturated rings. The van der Waals surface area contributed by atoms with Crippen LogP contribution >= 0.6 is 15.9 Å². The van der Waals surface area contributed by atoms with E-state index in [1.54, 1.807) is 6.07 Å². The summed E-state index contributed by atoms with van der Waals surface area (Å²) in [5.74, 6) is -0.761. The van der Waals surface area contributed by atoms with Gasteiger partial charge in [-0.3, -0.25) is 4.79 Å². The van der Waals surface area contributed by atoms with E-state index >= 15 is 0 Å². The average Bonchev–Trinajstić information content (AvgIpc) is 2.11. The van der Waals surface area contributed by atoms with Crippen molar-refractivity contribution in [3.63, 3.8) is 0 Å². The zero-order valence-electron chi connectivity index (χ0n) is 7.81. The summed E-state index contributed by atoms with van der Waals surface area (Å²) in [5.41, 5.74) is 6.20. The lowest BCUT2D eigenvalue weighted by Gasteiger charge is -2.04. The molecule has 0 saturated carbocycles. The molecule has 4 heteroatoms. The lowest BCUT2D eigenvalue weighted by atomic mass is 10.1. The molecule has 0 aliphatic heterocycles. The van der Waals surface area contributed by atoms with Crippen LogP contribution in [0.1, 0.15) is 22.3 Å². The van der Waals surface area contributed by atoms with E-state index in [0.29, 0.717) is 4.47 Å². The highest BCUT2D eigenvalue weighted by atomic mass is 79.9. The van der Waals surface area contributed by atoms with Crippen LogP contribution in [0.4, 0.5) is 4.39 Å². The molecule has 0 heterocycles. The predicted molar refractivity (Wildman–Crippen MR) is 56.8 cm³/mol. The molecular weight excluding hydrogens is 249 g/mol. The number of aryl methyl sites for hydroxylation is 1. The maximum absolute atomic E-state index is 13.4. The van der Waals surface area contributed by atoms with Gasteiger partial charge in [-0.05, 0) is 47.1 Å². The van der Waals surface area contributed by atoms with Crippen molar-refractivity contribution in [2.45, 2.75) is 13.3 Å². The second-order valence-corrected chi connectivity index (χ2v) is 3.92. The lowest BCUT2D eigenvalue weighted by molar-refractivity contribution is 0.0981. The number of hydrogen-bond acceptors (Lipinski definition) is 2. The quantitative estimate of drug-likeness (QED) is 0.848. The van der Waals surface area contributed by atoms with E-state index in [2.05, 4.69) is 15.9 Å². The van der Waals surface area contributed by atoms with Gasteiger partial charge in [-0.15, -0.1) is 0 Å². The number of carbonyl (C=O) groups excluding carboxylic acids is 1. The molecule has 0 aliphatic rings. The highest BCUT2D eigenvalue weighted by Gasteiger charge is 2.13. The Hall–Kier alpha value is -0.740. The molecule has 2 nitrogen and oxygen atoms in total.